The fourth-order valence-electron chi connectivity index (χ4n) is 0. The first-order chi connectivity index (χ1) is 4.27. The van der Waals surface area contributed by atoms with Gasteiger partial charge in [0, 0.05) is 19.5 Å². The van der Waals surface area contributed by atoms with Crippen LogP contribution in [0.5, 0.6) is 0 Å². The molecule has 0 spiro atoms. The molecular weight excluding hydrogens is 258 g/mol. The van der Waals surface area contributed by atoms with Crippen molar-refractivity contribution in [2.45, 2.75) is 6.29 Å². The van der Waals surface area contributed by atoms with Gasteiger partial charge in [-0.05, 0) is 6.08 Å². The maximum absolute atomic E-state index is 8.00. The van der Waals surface area contributed by atoms with E-state index in [1.165, 1.54) is 0 Å². The number of carbonyl (C=O) groups excluding carboxylic acids is 2. The van der Waals surface area contributed by atoms with Gasteiger partial charge in [0.25, 0.3) is 0 Å². The van der Waals surface area contributed by atoms with Crippen LogP contribution in [0, 0.1) is 0 Å². The molecular formula is C5H13O4PRh. The summed E-state index contributed by atoms with van der Waals surface area (Å²) in [4.78, 5) is 16.0. The van der Waals surface area contributed by atoms with E-state index < -0.39 is 6.29 Å². The van der Waals surface area contributed by atoms with Crippen molar-refractivity contribution in [3.63, 3.8) is 0 Å². The van der Waals surface area contributed by atoms with Crippen LogP contribution in [0.25, 0.3) is 0 Å². The van der Waals surface area contributed by atoms with Crippen molar-refractivity contribution in [3.05, 3.63) is 12.7 Å². The molecule has 6 heteroatoms. The summed E-state index contributed by atoms with van der Waals surface area (Å²) < 4.78 is 0. The van der Waals surface area contributed by atoms with Crippen LogP contribution < -0.4 is 0 Å². The van der Waals surface area contributed by atoms with Crippen molar-refractivity contribution in [1.82, 2.24) is 0 Å². The van der Waals surface area contributed by atoms with Crippen LogP contribution in [0.15, 0.2) is 12.7 Å². The van der Waals surface area contributed by atoms with Gasteiger partial charge in [-0.15, -0.1) is 0 Å². The van der Waals surface area contributed by atoms with Crippen LogP contribution in [0.4, 0.5) is 0 Å². The van der Waals surface area contributed by atoms with Crippen LogP contribution in [-0.4, -0.2) is 30.1 Å². The second-order valence-corrected chi connectivity index (χ2v) is 0.649. The fourth-order valence-corrected chi connectivity index (χ4v) is 0. The quantitative estimate of drug-likeness (QED) is 0.282. The second kappa shape index (κ2) is 50.2. The Morgan fingerprint density at radius 3 is 1.18 bits per heavy atom. The van der Waals surface area contributed by atoms with Gasteiger partial charge in [0.05, 0.1) is 0 Å². The molecule has 0 saturated carbocycles. The van der Waals surface area contributed by atoms with Gasteiger partial charge in [0.2, 0.25) is 0 Å². The van der Waals surface area contributed by atoms with E-state index in [2.05, 4.69) is 6.58 Å². The molecule has 0 aromatic carbocycles. The SMILES string of the molecule is C=CC(O)O.C=O.C=O.P.[Rh]. The molecule has 4 nitrogen and oxygen atoms in total. The average molecular weight is 271 g/mol. The number of hydrogen-bond donors (Lipinski definition) is 2. The van der Waals surface area contributed by atoms with Gasteiger partial charge in [-0.1, -0.05) is 6.58 Å². The molecule has 1 unspecified atom stereocenters. The smallest absolute Gasteiger partial charge is 0.170 e. The minimum atomic E-state index is -1.35. The number of aliphatic hydroxyl groups is 2. The summed E-state index contributed by atoms with van der Waals surface area (Å²) >= 11 is 0. The van der Waals surface area contributed by atoms with Gasteiger partial charge >= 0.3 is 0 Å². The van der Waals surface area contributed by atoms with Crippen molar-refractivity contribution in [3.8, 4) is 0 Å². The zero-order valence-corrected chi connectivity index (χ0v) is 9.08. The molecule has 0 saturated heterocycles. The van der Waals surface area contributed by atoms with E-state index in [1.807, 2.05) is 13.6 Å². The summed E-state index contributed by atoms with van der Waals surface area (Å²) in [5.74, 6) is 0. The average Bonchev–Trinajstić information content (AvgIpc) is 1.97. The molecule has 71 valence electrons. The fraction of sp³-hybridized carbons (Fsp3) is 0.200. The van der Waals surface area contributed by atoms with Crippen molar-refractivity contribution in [2.24, 2.45) is 0 Å². The molecule has 0 rings (SSSR count). The molecule has 0 aliphatic carbocycles. The zero-order chi connectivity index (χ0) is 8.28. The first-order valence-corrected chi connectivity index (χ1v) is 1.84. The summed E-state index contributed by atoms with van der Waals surface area (Å²) in [5, 5.41) is 15.6. The first kappa shape index (κ1) is 30.5. The second-order valence-electron chi connectivity index (χ2n) is 0.649. The maximum Gasteiger partial charge on any atom is 0.170 e. The van der Waals surface area contributed by atoms with Gasteiger partial charge in [0.1, 0.15) is 13.6 Å². The normalized spacial score (nSPS) is 4.64. The number of aliphatic hydroxyl groups excluding tert-OH is 1. The molecule has 0 aliphatic heterocycles. The Morgan fingerprint density at radius 2 is 1.18 bits per heavy atom. The van der Waals surface area contributed by atoms with Crippen molar-refractivity contribution >= 4 is 23.5 Å². The predicted octanol–water partition coefficient (Wildman–Crippen LogP) is -0.831. The molecule has 0 bridgehead atoms. The van der Waals surface area contributed by atoms with Gasteiger partial charge < -0.3 is 19.8 Å². The van der Waals surface area contributed by atoms with E-state index in [1.54, 1.807) is 0 Å². The molecule has 2 N–H and O–H groups in total. The molecule has 1 radical (unpaired) electrons. The van der Waals surface area contributed by atoms with Crippen LogP contribution in [0.2, 0.25) is 0 Å². The number of carbonyl (C=O) groups is 2. The third-order valence-corrected chi connectivity index (χ3v) is 0.211. The third-order valence-electron chi connectivity index (χ3n) is 0.211. The Hall–Kier alpha value is 0.0534. The summed E-state index contributed by atoms with van der Waals surface area (Å²) in [6.07, 6.45) is -0.324. The van der Waals surface area contributed by atoms with Gasteiger partial charge in [-0.3, -0.25) is 0 Å². The summed E-state index contributed by atoms with van der Waals surface area (Å²) in [7, 11) is 0. The number of rotatable bonds is 1. The Labute approximate surface area is 82.1 Å². The van der Waals surface area contributed by atoms with E-state index in [0.29, 0.717) is 0 Å². The summed E-state index contributed by atoms with van der Waals surface area (Å²) in [6.45, 7) is 7.06. The predicted molar refractivity (Wildman–Crippen MR) is 43.8 cm³/mol. The Bertz CT molecular complexity index is 60.4. The Kier molecular flexibility index (Phi) is 139. The van der Waals surface area contributed by atoms with Crippen molar-refractivity contribution in [2.75, 3.05) is 0 Å². The molecule has 0 aromatic rings. The Morgan fingerprint density at radius 1 is 1.09 bits per heavy atom. The van der Waals surface area contributed by atoms with E-state index in [4.69, 9.17) is 19.8 Å². The molecule has 0 heterocycles. The molecule has 1 atom stereocenters. The van der Waals surface area contributed by atoms with Gasteiger partial charge in [-0.2, -0.15) is 9.90 Å². The van der Waals surface area contributed by atoms with E-state index in [0.717, 1.165) is 6.08 Å². The number of hydrogen-bond acceptors (Lipinski definition) is 4. The van der Waals surface area contributed by atoms with E-state index in [-0.39, 0.29) is 29.4 Å². The minimum Gasteiger partial charge on any atom is -0.365 e. The summed E-state index contributed by atoms with van der Waals surface area (Å²) in [5.41, 5.74) is 0. The molecule has 0 amide bonds. The van der Waals surface area contributed by atoms with Gasteiger partial charge in [0.15, 0.2) is 6.29 Å². The van der Waals surface area contributed by atoms with Crippen molar-refractivity contribution < 1.29 is 39.3 Å². The minimum absolute atomic E-state index is 0. The van der Waals surface area contributed by atoms with E-state index >= 15 is 0 Å². The van der Waals surface area contributed by atoms with Crippen LogP contribution in [-0.2, 0) is 29.1 Å². The molecule has 0 fully saturated rings. The molecule has 11 heavy (non-hydrogen) atoms. The monoisotopic (exact) mass is 271 g/mol. The van der Waals surface area contributed by atoms with Crippen LogP contribution in [0.1, 0.15) is 0 Å². The zero-order valence-electron chi connectivity index (χ0n) is 6.03. The van der Waals surface area contributed by atoms with Gasteiger partial charge in [-0.25, -0.2) is 0 Å². The molecule has 0 aromatic heterocycles. The van der Waals surface area contributed by atoms with E-state index in [9.17, 15) is 0 Å². The topological polar surface area (TPSA) is 74.6 Å². The van der Waals surface area contributed by atoms with Crippen LogP contribution in [0.3, 0.4) is 0 Å². The van der Waals surface area contributed by atoms with Crippen LogP contribution >= 0.6 is 9.90 Å². The third kappa shape index (κ3) is 155. The first-order valence-electron chi connectivity index (χ1n) is 1.84. The molecule has 0 aliphatic rings. The summed E-state index contributed by atoms with van der Waals surface area (Å²) in [6, 6.07) is 0. The Balaban J connectivity index is -0.0000000178. The van der Waals surface area contributed by atoms with Crippen molar-refractivity contribution in [1.29, 1.82) is 0 Å². The largest absolute Gasteiger partial charge is 0.365 e. The standard InChI is InChI=1S/C3H6O2.2CH2O.H3P.Rh/c1-2-3(4)5;2*1-2;;/h2-5H,1H2;2*1H2;1H3;. The maximum atomic E-state index is 8.00.